The minimum atomic E-state index is -1.10. The van der Waals surface area contributed by atoms with Crippen LogP contribution < -0.4 is 11.1 Å². The summed E-state index contributed by atoms with van der Waals surface area (Å²) in [7, 11) is 1.79. The van der Waals surface area contributed by atoms with E-state index < -0.39 is 5.97 Å². The largest absolute Gasteiger partial charge is 0.478 e. The number of hydrogen-bond acceptors (Lipinski definition) is 5. The van der Waals surface area contributed by atoms with Crippen LogP contribution in [0.5, 0.6) is 0 Å². The second-order valence-electron chi connectivity index (χ2n) is 3.94. The van der Waals surface area contributed by atoms with Gasteiger partial charge in [-0.05, 0) is 12.1 Å². The molecule has 0 aliphatic rings. The van der Waals surface area contributed by atoms with E-state index in [0.29, 0.717) is 23.7 Å². The number of anilines is 2. The van der Waals surface area contributed by atoms with E-state index in [2.05, 4.69) is 15.5 Å². The highest BCUT2D eigenvalue weighted by Crippen LogP contribution is 2.29. The van der Waals surface area contributed by atoms with E-state index in [0.717, 1.165) is 0 Å². The van der Waals surface area contributed by atoms with Crippen LogP contribution in [0.15, 0.2) is 18.5 Å². The summed E-state index contributed by atoms with van der Waals surface area (Å²) in [6, 6.07) is 2.85. The maximum Gasteiger partial charge on any atom is 0.337 e. The Morgan fingerprint density at radius 1 is 1.58 bits per heavy atom. The fraction of sp³-hybridized carbons (Fsp3) is 0.182. The summed E-state index contributed by atoms with van der Waals surface area (Å²) in [5.74, 6) is -0.445. The van der Waals surface area contributed by atoms with Crippen molar-refractivity contribution in [1.82, 2.24) is 14.8 Å². The minimum absolute atomic E-state index is 0.0205. The molecule has 0 amide bonds. The van der Waals surface area contributed by atoms with Gasteiger partial charge in [-0.15, -0.1) is 10.2 Å². The van der Waals surface area contributed by atoms with E-state index in [9.17, 15) is 4.79 Å². The molecule has 0 unspecified atom stereocenters. The molecule has 2 aromatic rings. The average molecular weight is 282 g/mol. The summed E-state index contributed by atoms with van der Waals surface area (Å²) in [6.07, 6.45) is 1.56. The molecule has 0 atom stereocenters. The van der Waals surface area contributed by atoms with E-state index in [1.54, 1.807) is 17.9 Å². The molecule has 0 saturated heterocycles. The van der Waals surface area contributed by atoms with Gasteiger partial charge in [0, 0.05) is 12.7 Å². The van der Waals surface area contributed by atoms with Crippen molar-refractivity contribution in [1.29, 1.82) is 0 Å². The predicted octanol–water partition coefficient (Wildman–Crippen LogP) is 1.36. The van der Waals surface area contributed by atoms with E-state index in [4.69, 9.17) is 22.4 Å². The first-order valence-corrected chi connectivity index (χ1v) is 5.76. The molecule has 2 rings (SSSR count). The number of nitrogens with one attached hydrogen (secondary N) is 1. The van der Waals surface area contributed by atoms with Crippen LogP contribution in [0.25, 0.3) is 0 Å². The maximum atomic E-state index is 11.2. The SMILES string of the molecule is Cn1cnnc1CNc1c(Cl)cc(N)cc1C(=O)O. The van der Waals surface area contributed by atoms with Crippen LogP contribution in [-0.4, -0.2) is 25.8 Å². The Kier molecular flexibility index (Phi) is 3.57. The van der Waals surface area contributed by atoms with Crippen molar-refractivity contribution in [3.8, 4) is 0 Å². The maximum absolute atomic E-state index is 11.2. The molecular weight excluding hydrogens is 270 g/mol. The lowest BCUT2D eigenvalue weighted by molar-refractivity contribution is 0.0698. The van der Waals surface area contributed by atoms with Crippen LogP contribution in [0, 0.1) is 0 Å². The number of halogens is 1. The topological polar surface area (TPSA) is 106 Å². The molecule has 0 aliphatic carbocycles. The molecule has 100 valence electrons. The number of aromatic nitrogens is 3. The Hall–Kier alpha value is -2.28. The first-order chi connectivity index (χ1) is 8.99. The Labute approximate surface area is 114 Å². The lowest BCUT2D eigenvalue weighted by Crippen LogP contribution is -2.10. The molecule has 4 N–H and O–H groups in total. The van der Waals surface area contributed by atoms with Gasteiger partial charge in [0.15, 0.2) is 5.82 Å². The number of benzene rings is 1. The number of carboxylic acids is 1. The van der Waals surface area contributed by atoms with Crippen LogP contribution in [-0.2, 0) is 13.6 Å². The average Bonchev–Trinajstić information content (AvgIpc) is 2.73. The summed E-state index contributed by atoms with van der Waals surface area (Å²) >= 11 is 6.01. The monoisotopic (exact) mass is 281 g/mol. The zero-order valence-corrected chi connectivity index (χ0v) is 10.8. The summed E-state index contributed by atoms with van der Waals surface area (Å²) in [4.78, 5) is 11.2. The third-order valence-corrected chi connectivity index (χ3v) is 2.87. The molecule has 0 radical (unpaired) electrons. The van der Waals surface area contributed by atoms with Crippen molar-refractivity contribution < 1.29 is 9.90 Å². The smallest absolute Gasteiger partial charge is 0.337 e. The van der Waals surface area contributed by atoms with Crippen LogP contribution in [0.1, 0.15) is 16.2 Å². The first-order valence-electron chi connectivity index (χ1n) is 5.38. The highest BCUT2D eigenvalue weighted by Gasteiger charge is 2.15. The van der Waals surface area contributed by atoms with Gasteiger partial charge in [0.25, 0.3) is 0 Å². The number of nitrogens with zero attached hydrogens (tertiary/aromatic N) is 3. The zero-order valence-electron chi connectivity index (χ0n) is 10.1. The lowest BCUT2D eigenvalue weighted by Gasteiger charge is -2.12. The van der Waals surface area contributed by atoms with Gasteiger partial charge in [-0.3, -0.25) is 0 Å². The van der Waals surface area contributed by atoms with Gasteiger partial charge in [0.05, 0.1) is 22.8 Å². The molecule has 8 heteroatoms. The highest BCUT2D eigenvalue weighted by molar-refractivity contribution is 6.34. The summed E-state index contributed by atoms with van der Waals surface area (Å²) < 4.78 is 1.72. The Morgan fingerprint density at radius 3 is 2.89 bits per heavy atom. The Balaban J connectivity index is 2.29. The fourth-order valence-electron chi connectivity index (χ4n) is 1.61. The molecule has 0 spiro atoms. The molecule has 7 nitrogen and oxygen atoms in total. The molecule has 19 heavy (non-hydrogen) atoms. The second kappa shape index (κ2) is 5.15. The quantitative estimate of drug-likeness (QED) is 0.731. The van der Waals surface area contributed by atoms with E-state index in [-0.39, 0.29) is 10.6 Å². The molecule has 1 aromatic heterocycles. The number of carbonyl (C=O) groups is 1. The van der Waals surface area contributed by atoms with Crippen molar-refractivity contribution in [2.24, 2.45) is 7.05 Å². The third-order valence-electron chi connectivity index (χ3n) is 2.57. The molecule has 0 aliphatic heterocycles. The van der Waals surface area contributed by atoms with E-state index in [1.807, 2.05) is 0 Å². The first kappa shape index (κ1) is 13.2. The molecule has 0 saturated carbocycles. The molecule has 0 bridgehead atoms. The standard InChI is InChI=1S/C11H12ClN5O2/c1-17-5-15-16-9(17)4-14-10-7(11(18)19)2-6(13)3-8(10)12/h2-3,5,14H,4,13H2,1H3,(H,18,19). The number of hydrogen-bond donors (Lipinski definition) is 3. The van der Waals surface area contributed by atoms with Gasteiger partial charge in [0.2, 0.25) is 0 Å². The van der Waals surface area contributed by atoms with Gasteiger partial charge in [-0.25, -0.2) is 4.79 Å². The fourth-order valence-corrected chi connectivity index (χ4v) is 1.91. The van der Waals surface area contributed by atoms with Crippen molar-refractivity contribution in [2.45, 2.75) is 6.54 Å². The van der Waals surface area contributed by atoms with Gasteiger partial charge in [-0.2, -0.15) is 0 Å². The third kappa shape index (κ3) is 2.76. The van der Waals surface area contributed by atoms with E-state index >= 15 is 0 Å². The number of aromatic carboxylic acids is 1. The second-order valence-corrected chi connectivity index (χ2v) is 4.35. The number of rotatable bonds is 4. The van der Waals surface area contributed by atoms with Crippen LogP contribution in [0.3, 0.4) is 0 Å². The Bertz CT molecular complexity index is 626. The number of carboxylic acid groups (broad SMARTS) is 1. The van der Waals surface area contributed by atoms with E-state index in [1.165, 1.54) is 12.1 Å². The van der Waals surface area contributed by atoms with Crippen LogP contribution in [0.4, 0.5) is 11.4 Å². The van der Waals surface area contributed by atoms with Crippen molar-refractivity contribution >= 4 is 28.9 Å². The highest BCUT2D eigenvalue weighted by atomic mass is 35.5. The minimum Gasteiger partial charge on any atom is -0.478 e. The summed E-state index contributed by atoms with van der Waals surface area (Å²) in [5, 5.41) is 19.9. The molecule has 0 fully saturated rings. The Morgan fingerprint density at radius 2 is 2.32 bits per heavy atom. The van der Waals surface area contributed by atoms with Crippen molar-refractivity contribution in [3.63, 3.8) is 0 Å². The van der Waals surface area contributed by atoms with Crippen LogP contribution >= 0.6 is 11.6 Å². The lowest BCUT2D eigenvalue weighted by atomic mass is 10.1. The zero-order chi connectivity index (χ0) is 14.0. The van der Waals surface area contributed by atoms with Gasteiger partial charge >= 0.3 is 5.97 Å². The molecular formula is C11H12ClN5O2. The van der Waals surface area contributed by atoms with Gasteiger partial charge < -0.3 is 20.7 Å². The van der Waals surface area contributed by atoms with Crippen molar-refractivity contribution in [3.05, 3.63) is 34.9 Å². The molecule has 1 heterocycles. The number of nitrogen functional groups attached to an aromatic ring is 1. The van der Waals surface area contributed by atoms with Crippen LogP contribution in [0.2, 0.25) is 5.02 Å². The number of aryl methyl sites for hydroxylation is 1. The predicted molar refractivity (Wildman–Crippen MR) is 71.2 cm³/mol. The normalized spacial score (nSPS) is 10.4. The number of nitrogens with two attached hydrogens (primary N) is 1. The summed E-state index contributed by atoms with van der Waals surface area (Å²) in [5.41, 5.74) is 6.21. The van der Waals surface area contributed by atoms with Crippen molar-refractivity contribution in [2.75, 3.05) is 11.1 Å². The van der Waals surface area contributed by atoms with Gasteiger partial charge in [-0.1, -0.05) is 11.6 Å². The van der Waals surface area contributed by atoms with Gasteiger partial charge in [0.1, 0.15) is 6.33 Å². The molecule has 1 aromatic carbocycles. The summed E-state index contributed by atoms with van der Waals surface area (Å²) in [6.45, 7) is 0.306.